The van der Waals surface area contributed by atoms with E-state index in [-0.39, 0.29) is 17.6 Å². The Balaban J connectivity index is 1.80. The first-order valence-electron chi connectivity index (χ1n) is 10.2. The third-order valence-corrected chi connectivity index (χ3v) is 5.26. The average Bonchev–Trinajstić information content (AvgIpc) is 3.26. The molecule has 0 saturated carbocycles. The number of hydrogen-bond acceptors (Lipinski definition) is 4. The molecular weight excluding hydrogens is 394 g/mol. The number of aryl methyl sites for hydroxylation is 1. The van der Waals surface area contributed by atoms with Crippen molar-refractivity contribution in [2.24, 2.45) is 5.73 Å². The number of likely N-dealkylation sites (tertiary alicyclic amines) is 1. The third-order valence-electron chi connectivity index (χ3n) is 5.26. The van der Waals surface area contributed by atoms with Crippen LogP contribution in [0.4, 0.5) is 5.69 Å². The van der Waals surface area contributed by atoms with Crippen molar-refractivity contribution in [1.29, 1.82) is 5.41 Å². The summed E-state index contributed by atoms with van der Waals surface area (Å²) >= 11 is 0. The number of nitrogens with two attached hydrogens (primary N) is 1. The van der Waals surface area contributed by atoms with Crippen LogP contribution < -0.4 is 16.4 Å². The zero-order chi connectivity index (χ0) is 22.5. The first-order valence-corrected chi connectivity index (χ1v) is 10.2. The van der Waals surface area contributed by atoms with E-state index in [1.54, 1.807) is 42.5 Å². The SMILES string of the molecule is CC(=O)NC(C(=O)Nc1ccc(C(=O)N2CCCC2)c(C)c1)c1cccc(C(=N)N)c1. The molecule has 0 bridgehead atoms. The second-order valence-corrected chi connectivity index (χ2v) is 7.69. The Morgan fingerprint density at radius 2 is 1.81 bits per heavy atom. The van der Waals surface area contributed by atoms with E-state index in [1.807, 2.05) is 11.8 Å². The molecule has 3 amide bonds. The highest BCUT2D eigenvalue weighted by atomic mass is 16.2. The van der Waals surface area contributed by atoms with Crippen LogP contribution in [0, 0.1) is 12.3 Å². The van der Waals surface area contributed by atoms with Crippen molar-refractivity contribution in [3.63, 3.8) is 0 Å². The van der Waals surface area contributed by atoms with Gasteiger partial charge in [-0.3, -0.25) is 19.8 Å². The predicted octanol–water partition coefficient (Wildman–Crippen LogP) is 2.33. The van der Waals surface area contributed by atoms with E-state index >= 15 is 0 Å². The van der Waals surface area contributed by atoms with Crippen LogP contribution >= 0.6 is 0 Å². The van der Waals surface area contributed by atoms with Crippen LogP contribution in [0.2, 0.25) is 0 Å². The minimum Gasteiger partial charge on any atom is -0.384 e. The fourth-order valence-corrected chi connectivity index (χ4v) is 3.68. The zero-order valence-corrected chi connectivity index (χ0v) is 17.7. The maximum atomic E-state index is 13.0. The lowest BCUT2D eigenvalue weighted by Gasteiger charge is -2.20. The number of benzene rings is 2. The molecule has 8 heteroatoms. The lowest BCUT2D eigenvalue weighted by atomic mass is 10.0. The summed E-state index contributed by atoms with van der Waals surface area (Å²) in [6, 6.07) is 10.8. The Hall–Kier alpha value is -3.68. The molecule has 0 aliphatic carbocycles. The van der Waals surface area contributed by atoms with Crippen molar-refractivity contribution in [3.05, 3.63) is 64.7 Å². The van der Waals surface area contributed by atoms with Crippen LogP contribution in [0.25, 0.3) is 0 Å². The number of rotatable bonds is 6. The summed E-state index contributed by atoms with van der Waals surface area (Å²) in [7, 11) is 0. The maximum Gasteiger partial charge on any atom is 0.254 e. The van der Waals surface area contributed by atoms with E-state index < -0.39 is 11.9 Å². The van der Waals surface area contributed by atoms with Gasteiger partial charge in [0.15, 0.2) is 0 Å². The molecule has 1 saturated heterocycles. The number of nitrogens with one attached hydrogen (secondary N) is 3. The summed E-state index contributed by atoms with van der Waals surface area (Å²) in [4.78, 5) is 39.2. The van der Waals surface area contributed by atoms with E-state index in [0.29, 0.717) is 22.4 Å². The molecule has 0 radical (unpaired) electrons. The van der Waals surface area contributed by atoms with Gasteiger partial charge in [-0.25, -0.2) is 0 Å². The van der Waals surface area contributed by atoms with Crippen LogP contribution in [0.1, 0.15) is 52.9 Å². The van der Waals surface area contributed by atoms with Gasteiger partial charge in [0.2, 0.25) is 5.91 Å². The molecule has 2 aromatic carbocycles. The van der Waals surface area contributed by atoms with Gasteiger partial charge in [0, 0.05) is 36.8 Å². The van der Waals surface area contributed by atoms with Crippen LogP contribution in [0.5, 0.6) is 0 Å². The maximum absolute atomic E-state index is 13.0. The van der Waals surface area contributed by atoms with Gasteiger partial charge < -0.3 is 21.3 Å². The zero-order valence-electron chi connectivity index (χ0n) is 17.7. The van der Waals surface area contributed by atoms with E-state index in [9.17, 15) is 14.4 Å². The number of hydrogen-bond donors (Lipinski definition) is 4. The molecule has 1 unspecified atom stereocenters. The Morgan fingerprint density at radius 3 is 2.42 bits per heavy atom. The van der Waals surface area contributed by atoms with Crippen LogP contribution in [0.3, 0.4) is 0 Å². The molecule has 31 heavy (non-hydrogen) atoms. The van der Waals surface area contributed by atoms with Crippen LogP contribution in [0.15, 0.2) is 42.5 Å². The fourth-order valence-electron chi connectivity index (χ4n) is 3.68. The molecule has 8 nitrogen and oxygen atoms in total. The number of carbonyl (C=O) groups excluding carboxylic acids is 3. The molecule has 1 aliphatic heterocycles. The number of amides is 3. The van der Waals surface area contributed by atoms with Crippen molar-refractivity contribution in [3.8, 4) is 0 Å². The van der Waals surface area contributed by atoms with Gasteiger partial charge >= 0.3 is 0 Å². The van der Waals surface area contributed by atoms with Gasteiger partial charge in [0.05, 0.1) is 0 Å². The first-order chi connectivity index (χ1) is 14.8. The number of amidine groups is 1. The smallest absolute Gasteiger partial charge is 0.254 e. The summed E-state index contributed by atoms with van der Waals surface area (Å²) in [5.41, 5.74) is 8.43. The Bertz CT molecular complexity index is 1030. The van der Waals surface area contributed by atoms with E-state index in [2.05, 4.69) is 10.6 Å². The largest absolute Gasteiger partial charge is 0.384 e. The summed E-state index contributed by atoms with van der Waals surface area (Å²) in [5.74, 6) is -0.923. The molecule has 162 valence electrons. The Morgan fingerprint density at radius 1 is 1.10 bits per heavy atom. The molecule has 0 spiro atoms. The minimum absolute atomic E-state index is 0.00467. The molecule has 1 fully saturated rings. The number of nitrogens with zero attached hydrogens (tertiary/aromatic N) is 1. The molecule has 5 N–H and O–H groups in total. The topological polar surface area (TPSA) is 128 Å². The van der Waals surface area contributed by atoms with Gasteiger partial charge in [-0.2, -0.15) is 0 Å². The Labute approximate surface area is 181 Å². The quantitative estimate of drug-likeness (QED) is 0.421. The second kappa shape index (κ2) is 9.42. The number of carbonyl (C=O) groups is 3. The standard InChI is InChI=1S/C23H27N5O3/c1-14-12-18(8-9-19(14)23(31)28-10-3-4-11-28)27-22(30)20(26-15(2)29)16-6-5-7-17(13-16)21(24)25/h5-9,12-13,20H,3-4,10-11H2,1-2H3,(H3,24,25)(H,26,29)(H,27,30). The second-order valence-electron chi connectivity index (χ2n) is 7.69. The van der Waals surface area contributed by atoms with Crippen LogP contribution in [-0.2, 0) is 9.59 Å². The minimum atomic E-state index is -0.956. The Kier molecular flexibility index (Phi) is 6.69. The summed E-state index contributed by atoms with van der Waals surface area (Å²) in [6.07, 6.45) is 2.04. The number of nitrogen functional groups attached to an aromatic ring is 1. The number of anilines is 1. The normalized spacial score (nSPS) is 14.1. The van der Waals surface area contributed by atoms with Crippen molar-refractivity contribution >= 4 is 29.2 Å². The van der Waals surface area contributed by atoms with Gasteiger partial charge in [-0.05, 0) is 55.2 Å². The van der Waals surface area contributed by atoms with Crippen molar-refractivity contribution in [2.45, 2.75) is 32.7 Å². The van der Waals surface area contributed by atoms with E-state index in [1.165, 1.54) is 6.92 Å². The van der Waals surface area contributed by atoms with Crippen molar-refractivity contribution in [1.82, 2.24) is 10.2 Å². The lowest BCUT2D eigenvalue weighted by molar-refractivity contribution is -0.125. The molecule has 1 heterocycles. The van der Waals surface area contributed by atoms with Gasteiger partial charge in [-0.15, -0.1) is 0 Å². The molecule has 1 aliphatic rings. The first kappa shape index (κ1) is 22.0. The molecule has 0 aromatic heterocycles. The predicted molar refractivity (Wildman–Crippen MR) is 119 cm³/mol. The molecular formula is C23H27N5O3. The van der Waals surface area contributed by atoms with Gasteiger partial charge in [0.25, 0.3) is 11.8 Å². The third kappa shape index (κ3) is 5.28. The average molecular weight is 422 g/mol. The van der Waals surface area contributed by atoms with E-state index in [4.69, 9.17) is 11.1 Å². The highest BCUT2D eigenvalue weighted by molar-refractivity contribution is 6.00. The van der Waals surface area contributed by atoms with Crippen molar-refractivity contribution in [2.75, 3.05) is 18.4 Å². The molecule has 3 rings (SSSR count). The summed E-state index contributed by atoms with van der Waals surface area (Å²) < 4.78 is 0. The van der Waals surface area contributed by atoms with Crippen molar-refractivity contribution < 1.29 is 14.4 Å². The summed E-state index contributed by atoms with van der Waals surface area (Å²) in [6.45, 7) is 4.71. The monoisotopic (exact) mass is 421 g/mol. The molecule has 1 atom stereocenters. The molecule has 2 aromatic rings. The van der Waals surface area contributed by atoms with Gasteiger partial charge in [0.1, 0.15) is 11.9 Å². The van der Waals surface area contributed by atoms with E-state index in [0.717, 1.165) is 31.5 Å². The highest BCUT2D eigenvalue weighted by Gasteiger charge is 2.24. The summed E-state index contributed by atoms with van der Waals surface area (Å²) in [5, 5.41) is 13.0. The van der Waals surface area contributed by atoms with Gasteiger partial charge in [-0.1, -0.05) is 18.2 Å². The lowest BCUT2D eigenvalue weighted by Crippen LogP contribution is -2.36. The highest BCUT2D eigenvalue weighted by Crippen LogP contribution is 2.22. The van der Waals surface area contributed by atoms with Crippen LogP contribution in [-0.4, -0.2) is 41.5 Å². The fraction of sp³-hybridized carbons (Fsp3) is 0.304.